The Morgan fingerprint density at radius 2 is 1.85 bits per heavy atom. The van der Waals surface area contributed by atoms with Crippen LogP contribution >= 0.6 is 0 Å². The van der Waals surface area contributed by atoms with Gasteiger partial charge in [0.15, 0.2) is 0 Å². The van der Waals surface area contributed by atoms with Crippen molar-refractivity contribution in [1.29, 1.82) is 5.41 Å². The third kappa shape index (κ3) is 8.05. The predicted molar refractivity (Wildman–Crippen MR) is 176 cm³/mol. The average Bonchev–Trinajstić information content (AvgIpc) is 3.03. The number of nitrogens with zero attached hydrogens (tertiary/aromatic N) is 2. The van der Waals surface area contributed by atoms with Gasteiger partial charge in [0, 0.05) is 55.1 Å². The summed E-state index contributed by atoms with van der Waals surface area (Å²) < 4.78 is 55.6. The fourth-order valence-electron chi connectivity index (χ4n) is 5.48. The first-order valence-corrected chi connectivity index (χ1v) is 15.6. The van der Waals surface area contributed by atoms with Crippen molar-refractivity contribution in [3.05, 3.63) is 118 Å². The number of benzene rings is 2. The molecule has 0 amide bonds. The summed E-state index contributed by atoms with van der Waals surface area (Å²) in [7, 11) is 0. The van der Waals surface area contributed by atoms with Crippen molar-refractivity contribution in [2.24, 2.45) is 5.92 Å². The van der Waals surface area contributed by atoms with Crippen LogP contribution in [-0.2, 0) is 17.8 Å². The lowest BCUT2D eigenvalue weighted by Gasteiger charge is -2.28. The van der Waals surface area contributed by atoms with E-state index in [-0.39, 0.29) is 41.0 Å². The average molecular weight is 632 g/mol. The monoisotopic (exact) mass is 631 g/mol. The third-order valence-electron chi connectivity index (χ3n) is 8.05. The molecule has 0 bridgehead atoms. The molecule has 3 N–H and O–H groups in total. The Balaban J connectivity index is 1.48. The number of ether oxygens (including phenoxy) is 2. The molecule has 1 aliphatic heterocycles. The highest BCUT2D eigenvalue weighted by Crippen LogP contribution is 2.28. The van der Waals surface area contributed by atoms with E-state index in [1.54, 1.807) is 43.3 Å². The maximum absolute atomic E-state index is 15.2. The van der Waals surface area contributed by atoms with Gasteiger partial charge in [0.2, 0.25) is 0 Å². The van der Waals surface area contributed by atoms with Gasteiger partial charge in [0.1, 0.15) is 29.0 Å². The molecule has 1 unspecified atom stereocenters. The second-order valence-corrected chi connectivity index (χ2v) is 11.5. The van der Waals surface area contributed by atoms with Crippen molar-refractivity contribution in [1.82, 2.24) is 9.88 Å². The van der Waals surface area contributed by atoms with Gasteiger partial charge in [-0.05, 0) is 61.6 Å². The van der Waals surface area contributed by atoms with Crippen molar-refractivity contribution in [3.63, 3.8) is 0 Å². The minimum absolute atomic E-state index is 0.0434. The molecule has 2 aromatic carbocycles. The maximum Gasteiger partial charge on any atom is 0.142 e. The normalized spacial score (nSPS) is 20.0. The Labute approximate surface area is 268 Å². The molecule has 2 aliphatic rings. The minimum atomic E-state index is -0.721. The maximum atomic E-state index is 15.2. The molecule has 7 nitrogen and oxygen atoms in total. The molecule has 242 valence electrons. The van der Waals surface area contributed by atoms with E-state index < -0.39 is 11.6 Å². The highest BCUT2D eigenvalue weighted by Gasteiger charge is 2.21. The number of hydrogen-bond acceptors (Lipinski definition) is 7. The van der Waals surface area contributed by atoms with Crippen molar-refractivity contribution in [2.45, 2.75) is 40.3 Å². The fourth-order valence-corrected chi connectivity index (χ4v) is 5.48. The van der Waals surface area contributed by atoms with Crippen LogP contribution in [0.1, 0.15) is 48.2 Å². The number of nitrogens with one attached hydrogen (secondary N) is 3. The SMILES string of the molecule is CCOc1cc(F)c(CNc2ccccc2C(=N)c2nc(NC3=C/C=C/CC(C)/C=C\3F)cc(CN3CCOCC3)c2C)c(F)c1. The van der Waals surface area contributed by atoms with E-state index in [4.69, 9.17) is 14.5 Å². The first-order chi connectivity index (χ1) is 22.2. The summed E-state index contributed by atoms with van der Waals surface area (Å²) in [6.07, 6.45) is 7.85. The largest absolute Gasteiger partial charge is 0.494 e. The minimum Gasteiger partial charge on any atom is -0.494 e. The van der Waals surface area contributed by atoms with Crippen LogP contribution in [0.3, 0.4) is 0 Å². The molecule has 3 aromatic rings. The quantitative estimate of drug-likeness (QED) is 0.189. The second-order valence-electron chi connectivity index (χ2n) is 11.5. The first-order valence-electron chi connectivity index (χ1n) is 15.6. The summed E-state index contributed by atoms with van der Waals surface area (Å²) in [5.74, 6) is -1.23. The van der Waals surface area contributed by atoms with Crippen molar-refractivity contribution in [3.8, 4) is 5.75 Å². The molecule has 1 aliphatic carbocycles. The number of rotatable bonds is 11. The standard InChI is InChI=1S/C36H40F3N5O2/c1-4-46-26-19-29(37)28(30(38)20-26)21-41-32-11-8-6-10-27(32)35(40)36-24(3)25(22-44-13-15-45-16-14-44)18-34(43-36)42-33-12-7-5-9-23(2)17-31(33)39/h5-8,10-12,17-20,23,40-41H,4,9,13-16,21-22H2,1-3H3,(H,42,43)/b7-5+,31-17+,33-12+,40-35?. The zero-order chi connectivity index (χ0) is 32.6. The summed E-state index contributed by atoms with van der Waals surface area (Å²) in [5, 5.41) is 15.6. The number of halogens is 3. The number of anilines is 2. The highest BCUT2D eigenvalue weighted by molar-refractivity contribution is 6.14. The molecule has 5 rings (SSSR count). The first kappa shape index (κ1) is 33.0. The smallest absolute Gasteiger partial charge is 0.142 e. The zero-order valence-corrected chi connectivity index (χ0v) is 26.4. The Hall–Kier alpha value is -4.41. The number of morpholine rings is 1. The van der Waals surface area contributed by atoms with E-state index in [9.17, 15) is 14.2 Å². The Kier molecular flexibility index (Phi) is 10.9. The molecule has 1 atom stereocenters. The Morgan fingerprint density at radius 3 is 2.59 bits per heavy atom. The molecule has 0 spiro atoms. The van der Waals surface area contributed by atoms with E-state index in [0.717, 1.165) is 30.6 Å². The molecule has 1 saturated heterocycles. The molecule has 10 heteroatoms. The van der Waals surface area contributed by atoms with Crippen LogP contribution in [0, 0.1) is 29.9 Å². The highest BCUT2D eigenvalue weighted by atomic mass is 19.1. The lowest BCUT2D eigenvalue weighted by Crippen LogP contribution is -2.36. The number of allylic oxidation sites excluding steroid dienone is 5. The van der Waals surface area contributed by atoms with Gasteiger partial charge >= 0.3 is 0 Å². The van der Waals surface area contributed by atoms with Crippen LogP contribution in [0.5, 0.6) is 5.75 Å². The zero-order valence-electron chi connectivity index (χ0n) is 26.4. The van der Waals surface area contributed by atoms with Gasteiger partial charge < -0.3 is 20.1 Å². The number of hydrogen-bond donors (Lipinski definition) is 3. The molecular weight excluding hydrogens is 591 g/mol. The summed E-state index contributed by atoms with van der Waals surface area (Å²) in [6, 6.07) is 11.3. The Bertz CT molecular complexity index is 1640. The van der Waals surface area contributed by atoms with Gasteiger partial charge in [0.05, 0.1) is 36.9 Å². The van der Waals surface area contributed by atoms with E-state index >= 15 is 4.39 Å². The van der Waals surface area contributed by atoms with Crippen LogP contribution in [-0.4, -0.2) is 48.5 Å². The second kappa shape index (κ2) is 15.2. The topological polar surface area (TPSA) is 82.5 Å². The van der Waals surface area contributed by atoms with Crippen molar-refractivity contribution < 1.29 is 22.6 Å². The van der Waals surface area contributed by atoms with E-state index in [1.807, 2.05) is 32.1 Å². The molecule has 46 heavy (non-hydrogen) atoms. The van der Waals surface area contributed by atoms with Gasteiger partial charge in [-0.3, -0.25) is 10.3 Å². The lowest BCUT2D eigenvalue weighted by atomic mass is 9.98. The molecule has 1 aromatic heterocycles. The van der Waals surface area contributed by atoms with Crippen LogP contribution < -0.4 is 15.4 Å². The molecule has 2 heterocycles. The van der Waals surface area contributed by atoms with Gasteiger partial charge in [0.25, 0.3) is 0 Å². The van der Waals surface area contributed by atoms with E-state index in [0.29, 0.717) is 49.1 Å². The summed E-state index contributed by atoms with van der Waals surface area (Å²) >= 11 is 0. The number of para-hydroxylation sites is 1. The molecule has 0 saturated carbocycles. The predicted octanol–water partition coefficient (Wildman–Crippen LogP) is 7.67. The van der Waals surface area contributed by atoms with Crippen LogP contribution in [0.25, 0.3) is 0 Å². The summed E-state index contributed by atoms with van der Waals surface area (Å²) in [4.78, 5) is 7.10. The summed E-state index contributed by atoms with van der Waals surface area (Å²) in [6.45, 7) is 9.21. The van der Waals surface area contributed by atoms with E-state index in [2.05, 4.69) is 15.5 Å². The van der Waals surface area contributed by atoms with Crippen LogP contribution in [0.4, 0.5) is 24.7 Å². The number of pyridine rings is 1. The van der Waals surface area contributed by atoms with Crippen molar-refractivity contribution in [2.75, 3.05) is 43.5 Å². The van der Waals surface area contributed by atoms with Gasteiger partial charge in [-0.2, -0.15) is 0 Å². The van der Waals surface area contributed by atoms with E-state index in [1.165, 1.54) is 12.1 Å². The van der Waals surface area contributed by atoms with Gasteiger partial charge in [-0.15, -0.1) is 0 Å². The van der Waals surface area contributed by atoms with Crippen LogP contribution in [0.15, 0.2) is 78.3 Å². The van der Waals surface area contributed by atoms with Crippen LogP contribution in [0.2, 0.25) is 0 Å². The lowest BCUT2D eigenvalue weighted by molar-refractivity contribution is 0.0341. The third-order valence-corrected chi connectivity index (χ3v) is 8.05. The molecule has 1 fully saturated rings. The summed E-state index contributed by atoms with van der Waals surface area (Å²) in [5.41, 5.74) is 3.48. The van der Waals surface area contributed by atoms with Gasteiger partial charge in [-0.25, -0.2) is 18.2 Å². The molecule has 0 radical (unpaired) electrons. The number of aromatic nitrogens is 1. The fraction of sp³-hybridized carbons (Fsp3) is 0.333. The Morgan fingerprint density at radius 1 is 1.11 bits per heavy atom. The van der Waals surface area contributed by atoms with Gasteiger partial charge in [-0.1, -0.05) is 37.3 Å². The van der Waals surface area contributed by atoms with Crippen molar-refractivity contribution >= 4 is 17.2 Å². The molecular formula is C36H40F3N5O2.